The largest absolute Gasteiger partial charge is 0.490 e. The fraction of sp³-hybridized carbons (Fsp3) is 0.353. The molecule has 0 amide bonds. The van der Waals surface area contributed by atoms with Crippen LogP contribution in [-0.2, 0) is 18.4 Å². The zero-order valence-corrected chi connectivity index (χ0v) is 16.9. The predicted molar refractivity (Wildman–Crippen MR) is 102 cm³/mol. The number of thiazole rings is 1. The first-order valence-corrected chi connectivity index (χ1v) is 9.09. The lowest BCUT2D eigenvalue weighted by Gasteiger charge is -2.04. The highest BCUT2D eigenvalue weighted by atomic mass is 32.1. The topological polar surface area (TPSA) is 106 Å². The third kappa shape index (κ3) is 6.24. The Bertz CT molecular complexity index is 980. The van der Waals surface area contributed by atoms with E-state index in [0.717, 1.165) is 27.7 Å². The van der Waals surface area contributed by atoms with Gasteiger partial charge in [0.15, 0.2) is 0 Å². The number of rotatable bonds is 4. The van der Waals surface area contributed by atoms with E-state index >= 15 is 0 Å². The highest BCUT2D eigenvalue weighted by Crippen LogP contribution is 2.21. The summed E-state index contributed by atoms with van der Waals surface area (Å²) in [7, 11) is 1.91. The van der Waals surface area contributed by atoms with Crippen molar-refractivity contribution in [3.05, 3.63) is 39.7 Å². The third-order valence-electron chi connectivity index (χ3n) is 3.66. The van der Waals surface area contributed by atoms with E-state index in [-0.39, 0.29) is 0 Å². The van der Waals surface area contributed by atoms with Gasteiger partial charge in [0.25, 0.3) is 0 Å². The van der Waals surface area contributed by atoms with Crippen molar-refractivity contribution in [2.45, 2.75) is 33.5 Å². The zero-order chi connectivity index (χ0) is 21.8. The number of alkyl halides is 3. The SMILES string of the molecule is Cc1nn(C)cc1-c1ccnc(NCc2nc(C)c(C)s2)n1.O=C(O)C(F)(F)F. The Kier molecular flexibility index (Phi) is 6.90. The van der Waals surface area contributed by atoms with Crippen LogP contribution < -0.4 is 5.32 Å². The molecule has 8 nitrogen and oxygen atoms in total. The number of aryl methyl sites for hydroxylation is 4. The molecule has 3 aromatic rings. The van der Waals surface area contributed by atoms with Gasteiger partial charge >= 0.3 is 12.1 Å². The third-order valence-corrected chi connectivity index (χ3v) is 4.73. The van der Waals surface area contributed by atoms with Crippen molar-refractivity contribution in [3.63, 3.8) is 0 Å². The summed E-state index contributed by atoms with van der Waals surface area (Å²) in [5.41, 5.74) is 3.93. The van der Waals surface area contributed by atoms with Crippen molar-refractivity contribution < 1.29 is 23.1 Å². The van der Waals surface area contributed by atoms with E-state index in [1.165, 1.54) is 4.88 Å². The van der Waals surface area contributed by atoms with Crippen LogP contribution in [0.4, 0.5) is 19.1 Å². The lowest BCUT2D eigenvalue weighted by Crippen LogP contribution is -2.21. The van der Waals surface area contributed by atoms with Gasteiger partial charge in [0.2, 0.25) is 5.95 Å². The van der Waals surface area contributed by atoms with E-state index in [0.29, 0.717) is 12.5 Å². The molecule has 0 saturated carbocycles. The van der Waals surface area contributed by atoms with Crippen molar-refractivity contribution >= 4 is 23.3 Å². The fourth-order valence-corrected chi connectivity index (χ4v) is 3.09. The number of nitrogens with zero attached hydrogens (tertiary/aromatic N) is 5. The molecule has 0 aliphatic heterocycles. The van der Waals surface area contributed by atoms with Crippen LogP contribution in [0.2, 0.25) is 0 Å². The van der Waals surface area contributed by atoms with Crippen molar-refractivity contribution in [2.24, 2.45) is 7.05 Å². The number of aliphatic carboxylic acids is 1. The van der Waals surface area contributed by atoms with Crippen molar-refractivity contribution in [1.29, 1.82) is 0 Å². The first-order chi connectivity index (χ1) is 13.5. The summed E-state index contributed by atoms with van der Waals surface area (Å²) in [6.07, 6.45) is -1.36. The van der Waals surface area contributed by atoms with Gasteiger partial charge in [-0.2, -0.15) is 18.3 Å². The number of aromatic nitrogens is 5. The summed E-state index contributed by atoms with van der Waals surface area (Å²) < 4.78 is 33.5. The molecule has 3 aromatic heterocycles. The molecule has 0 saturated heterocycles. The molecule has 0 bridgehead atoms. The summed E-state index contributed by atoms with van der Waals surface area (Å²) in [4.78, 5) is 23.5. The summed E-state index contributed by atoms with van der Waals surface area (Å²) in [5, 5.41) is 15.8. The van der Waals surface area contributed by atoms with Crippen LogP contribution in [0.15, 0.2) is 18.5 Å². The quantitative estimate of drug-likeness (QED) is 0.655. The van der Waals surface area contributed by atoms with Crippen LogP contribution in [0.1, 0.15) is 21.3 Å². The molecule has 156 valence electrons. The minimum absolute atomic E-state index is 0.603. The first-order valence-electron chi connectivity index (χ1n) is 8.28. The van der Waals surface area contributed by atoms with E-state index in [1.807, 2.05) is 33.2 Å². The van der Waals surface area contributed by atoms with Gasteiger partial charge in [-0.05, 0) is 26.8 Å². The number of halogens is 3. The number of carboxylic acids is 1. The molecule has 12 heteroatoms. The lowest BCUT2D eigenvalue weighted by molar-refractivity contribution is -0.192. The molecule has 29 heavy (non-hydrogen) atoms. The van der Waals surface area contributed by atoms with E-state index in [9.17, 15) is 13.2 Å². The average molecular weight is 428 g/mol. The standard InChI is InChI=1S/C15H18N6S.C2HF3O2/c1-9-11(3)22-14(18-9)7-17-15-16-6-5-13(19-15)12-8-21(4)20-10(12)2;3-2(4,5)1(6)7/h5-6,8H,7H2,1-4H3,(H,16,17,19);(H,6,7). The second kappa shape index (κ2) is 8.99. The number of nitrogens with one attached hydrogen (secondary N) is 1. The number of carboxylic acid groups (broad SMARTS) is 1. The molecule has 0 aliphatic carbocycles. The highest BCUT2D eigenvalue weighted by molar-refractivity contribution is 7.11. The van der Waals surface area contributed by atoms with Crippen LogP contribution in [0, 0.1) is 20.8 Å². The van der Waals surface area contributed by atoms with Gasteiger partial charge in [-0.15, -0.1) is 11.3 Å². The Labute approximate surface area is 168 Å². The molecule has 0 fully saturated rings. The predicted octanol–water partition coefficient (Wildman–Crippen LogP) is 3.50. The normalized spacial score (nSPS) is 11.0. The minimum Gasteiger partial charge on any atom is -0.475 e. The maximum atomic E-state index is 10.6. The molecule has 3 heterocycles. The van der Waals surface area contributed by atoms with Gasteiger partial charge in [0.05, 0.1) is 23.6 Å². The van der Waals surface area contributed by atoms with Gasteiger partial charge in [-0.1, -0.05) is 0 Å². The van der Waals surface area contributed by atoms with Gasteiger partial charge in [0, 0.05) is 29.9 Å². The van der Waals surface area contributed by atoms with Crippen LogP contribution in [0.3, 0.4) is 0 Å². The molecule has 0 atom stereocenters. The van der Waals surface area contributed by atoms with Gasteiger partial charge in [-0.25, -0.2) is 19.7 Å². The molecule has 3 rings (SSSR count). The second-order valence-electron chi connectivity index (χ2n) is 5.97. The Hall–Kier alpha value is -3.02. The van der Waals surface area contributed by atoms with E-state index < -0.39 is 12.1 Å². The summed E-state index contributed by atoms with van der Waals surface area (Å²) >= 11 is 1.70. The molecule has 2 N–H and O–H groups in total. The molecular formula is C17H19F3N6O2S. The summed E-state index contributed by atoms with van der Waals surface area (Å²) in [6, 6.07) is 1.90. The van der Waals surface area contributed by atoms with Gasteiger partial charge in [0.1, 0.15) is 5.01 Å². The Morgan fingerprint density at radius 2 is 1.90 bits per heavy atom. The molecule has 0 spiro atoms. The Morgan fingerprint density at radius 3 is 2.38 bits per heavy atom. The highest BCUT2D eigenvalue weighted by Gasteiger charge is 2.38. The maximum absolute atomic E-state index is 10.6. The molecule has 0 aromatic carbocycles. The first kappa shape index (κ1) is 22.3. The van der Waals surface area contributed by atoms with Gasteiger partial charge < -0.3 is 10.4 Å². The van der Waals surface area contributed by atoms with Crippen LogP contribution in [0.25, 0.3) is 11.3 Å². The maximum Gasteiger partial charge on any atom is 0.490 e. The lowest BCUT2D eigenvalue weighted by atomic mass is 10.2. The van der Waals surface area contributed by atoms with E-state index in [4.69, 9.17) is 9.90 Å². The van der Waals surface area contributed by atoms with Gasteiger partial charge in [-0.3, -0.25) is 4.68 Å². The zero-order valence-electron chi connectivity index (χ0n) is 16.1. The van der Waals surface area contributed by atoms with E-state index in [2.05, 4.69) is 32.3 Å². The van der Waals surface area contributed by atoms with E-state index in [1.54, 1.807) is 22.2 Å². The molecule has 0 aliphatic rings. The van der Waals surface area contributed by atoms with Crippen LogP contribution >= 0.6 is 11.3 Å². The van der Waals surface area contributed by atoms with Crippen molar-refractivity contribution in [2.75, 3.05) is 5.32 Å². The molecule has 0 radical (unpaired) electrons. The smallest absolute Gasteiger partial charge is 0.475 e. The van der Waals surface area contributed by atoms with Crippen LogP contribution in [-0.4, -0.2) is 42.0 Å². The summed E-state index contributed by atoms with van der Waals surface area (Å²) in [5.74, 6) is -2.15. The number of hydrogen-bond donors (Lipinski definition) is 2. The Balaban J connectivity index is 0.000000370. The number of anilines is 1. The monoisotopic (exact) mass is 428 g/mol. The Morgan fingerprint density at radius 1 is 1.24 bits per heavy atom. The fourth-order valence-electron chi connectivity index (χ4n) is 2.21. The number of hydrogen-bond acceptors (Lipinski definition) is 7. The van der Waals surface area contributed by atoms with Crippen molar-refractivity contribution in [1.82, 2.24) is 24.7 Å². The number of carbonyl (C=O) groups is 1. The van der Waals surface area contributed by atoms with Crippen LogP contribution in [0.5, 0.6) is 0 Å². The average Bonchev–Trinajstić information content (AvgIpc) is 3.14. The second-order valence-corrected chi connectivity index (χ2v) is 7.26. The van der Waals surface area contributed by atoms with Crippen molar-refractivity contribution in [3.8, 4) is 11.3 Å². The minimum atomic E-state index is -5.08. The molecule has 0 unspecified atom stereocenters. The summed E-state index contributed by atoms with van der Waals surface area (Å²) in [6.45, 7) is 6.72. The molecular weight excluding hydrogens is 409 g/mol.